The highest BCUT2D eigenvalue weighted by Gasteiger charge is 2.25. The van der Waals surface area contributed by atoms with Gasteiger partial charge in [0.2, 0.25) is 0 Å². The monoisotopic (exact) mass is 396 g/mol. The maximum absolute atomic E-state index is 13.1. The molecule has 0 aromatic heterocycles. The molecule has 1 saturated carbocycles. The minimum Gasteiger partial charge on any atom is -0.507 e. The first kappa shape index (κ1) is 20.6. The van der Waals surface area contributed by atoms with E-state index in [2.05, 4.69) is 0 Å². The van der Waals surface area contributed by atoms with E-state index in [-0.39, 0.29) is 17.1 Å². The summed E-state index contributed by atoms with van der Waals surface area (Å²) in [6, 6.07) is 7.53. The molecule has 0 heterocycles. The minimum absolute atomic E-state index is 0.167. The molecule has 0 saturated heterocycles. The third kappa shape index (κ3) is 5.47. The normalized spacial score (nSPS) is 13.5. The van der Waals surface area contributed by atoms with Crippen molar-refractivity contribution in [3.8, 4) is 11.5 Å². The molecular weight excluding hydrogens is 371 g/mol. The van der Waals surface area contributed by atoms with Gasteiger partial charge in [-0.05, 0) is 68.4 Å². The first-order valence-electron chi connectivity index (χ1n) is 9.67. The van der Waals surface area contributed by atoms with Crippen molar-refractivity contribution >= 4 is 18.1 Å². The van der Waals surface area contributed by atoms with E-state index in [1.807, 2.05) is 19.9 Å². The van der Waals surface area contributed by atoms with Crippen LogP contribution >= 0.6 is 0 Å². The van der Waals surface area contributed by atoms with Crippen molar-refractivity contribution in [2.75, 3.05) is 6.61 Å². The fourth-order valence-corrected chi connectivity index (χ4v) is 2.95. The molecule has 2 N–H and O–H groups in total. The van der Waals surface area contributed by atoms with Crippen molar-refractivity contribution in [2.45, 2.75) is 33.1 Å². The highest BCUT2D eigenvalue weighted by Crippen LogP contribution is 2.38. The second-order valence-corrected chi connectivity index (χ2v) is 7.60. The zero-order chi connectivity index (χ0) is 21.0. The van der Waals surface area contributed by atoms with Crippen LogP contribution in [0.1, 0.15) is 53.7 Å². The number of carboxylic acids is 1. The zero-order valence-electron chi connectivity index (χ0n) is 16.6. The average molecular weight is 396 g/mol. The molecule has 29 heavy (non-hydrogen) atoms. The van der Waals surface area contributed by atoms with Crippen molar-refractivity contribution in [1.82, 2.24) is 0 Å². The Labute approximate surface area is 170 Å². The SMILES string of the molecule is CC(C)=CCc1c(OCC2CC2)cc(C=Cc2ccc(F)cc2)c(C(=O)O)c1O. The van der Waals surface area contributed by atoms with Gasteiger partial charge in [-0.3, -0.25) is 0 Å². The molecule has 0 atom stereocenters. The predicted molar refractivity (Wildman–Crippen MR) is 112 cm³/mol. The molecule has 3 rings (SSSR count). The summed E-state index contributed by atoms with van der Waals surface area (Å²) < 4.78 is 19.1. The van der Waals surface area contributed by atoms with E-state index in [9.17, 15) is 19.4 Å². The van der Waals surface area contributed by atoms with E-state index >= 15 is 0 Å². The lowest BCUT2D eigenvalue weighted by atomic mass is 9.97. The van der Waals surface area contributed by atoms with Crippen LogP contribution in [0.4, 0.5) is 4.39 Å². The quantitative estimate of drug-likeness (QED) is 0.444. The first-order chi connectivity index (χ1) is 13.8. The molecule has 1 aliphatic carbocycles. The van der Waals surface area contributed by atoms with Gasteiger partial charge in [0.1, 0.15) is 22.9 Å². The van der Waals surface area contributed by atoms with E-state index in [1.165, 1.54) is 12.1 Å². The standard InChI is InChI=1S/C24H25FO4/c1-15(2)3-12-20-21(29-14-17-4-5-17)13-18(22(23(20)26)24(27)28)9-6-16-7-10-19(25)11-8-16/h3,6-11,13,17,26H,4-5,12,14H2,1-2H3,(H,27,28). The molecule has 0 amide bonds. The summed E-state index contributed by atoms with van der Waals surface area (Å²) in [6.07, 6.45) is 7.85. The maximum Gasteiger partial charge on any atom is 0.340 e. The Kier molecular flexibility index (Phi) is 6.37. The van der Waals surface area contributed by atoms with Gasteiger partial charge in [0, 0.05) is 5.56 Å². The van der Waals surface area contributed by atoms with Crippen molar-refractivity contribution in [1.29, 1.82) is 0 Å². The molecule has 0 spiro atoms. The number of hydrogen-bond donors (Lipinski definition) is 2. The Bertz CT molecular complexity index is 950. The summed E-state index contributed by atoms with van der Waals surface area (Å²) in [6.45, 7) is 4.44. The van der Waals surface area contributed by atoms with Gasteiger partial charge >= 0.3 is 5.97 Å². The van der Waals surface area contributed by atoms with Gasteiger partial charge in [-0.2, -0.15) is 0 Å². The number of benzene rings is 2. The van der Waals surface area contributed by atoms with Crippen LogP contribution in [0.25, 0.3) is 12.2 Å². The van der Waals surface area contributed by atoms with Crippen LogP contribution in [0.15, 0.2) is 42.0 Å². The Morgan fingerprint density at radius 1 is 1.21 bits per heavy atom. The van der Waals surface area contributed by atoms with Gasteiger partial charge in [-0.1, -0.05) is 35.9 Å². The lowest BCUT2D eigenvalue weighted by molar-refractivity contribution is 0.0693. The van der Waals surface area contributed by atoms with Crippen LogP contribution < -0.4 is 4.74 Å². The second kappa shape index (κ2) is 8.95. The summed E-state index contributed by atoms with van der Waals surface area (Å²) in [5, 5.41) is 20.5. The van der Waals surface area contributed by atoms with E-state index in [0.717, 1.165) is 24.0 Å². The van der Waals surface area contributed by atoms with Gasteiger partial charge in [0.05, 0.1) is 6.61 Å². The summed E-state index contributed by atoms with van der Waals surface area (Å²) >= 11 is 0. The van der Waals surface area contributed by atoms with Crippen molar-refractivity contribution in [3.05, 3.63) is 70.1 Å². The molecule has 0 aliphatic heterocycles. The molecule has 5 heteroatoms. The molecule has 2 aromatic rings. The van der Waals surface area contributed by atoms with Crippen molar-refractivity contribution in [3.63, 3.8) is 0 Å². The van der Waals surface area contributed by atoms with Crippen LogP contribution in [0.3, 0.4) is 0 Å². The molecule has 4 nitrogen and oxygen atoms in total. The second-order valence-electron chi connectivity index (χ2n) is 7.60. The Morgan fingerprint density at radius 2 is 1.90 bits per heavy atom. The minimum atomic E-state index is -1.21. The van der Waals surface area contributed by atoms with Crippen molar-refractivity contribution in [2.24, 2.45) is 5.92 Å². The number of allylic oxidation sites excluding steroid dienone is 2. The summed E-state index contributed by atoms with van der Waals surface area (Å²) in [7, 11) is 0. The highest BCUT2D eigenvalue weighted by molar-refractivity contribution is 5.97. The molecule has 2 aromatic carbocycles. The van der Waals surface area contributed by atoms with E-state index in [0.29, 0.717) is 35.8 Å². The van der Waals surface area contributed by atoms with Gasteiger partial charge in [-0.25, -0.2) is 9.18 Å². The molecule has 152 valence electrons. The van der Waals surface area contributed by atoms with E-state index in [1.54, 1.807) is 30.4 Å². The third-order valence-corrected chi connectivity index (χ3v) is 4.82. The zero-order valence-corrected chi connectivity index (χ0v) is 16.6. The lowest BCUT2D eigenvalue weighted by Crippen LogP contribution is -2.07. The summed E-state index contributed by atoms with van der Waals surface area (Å²) in [5.41, 5.74) is 2.43. The average Bonchev–Trinajstić information content (AvgIpc) is 3.49. The fourth-order valence-electron chi connectivity index (χ4n) is 2.95. The Hall–Kier alpha value is -3.08. The number of carbonyl (C=O) groups is 1. The molecule has 0 unspecified atom stereocenters. The molecule has 1 fully saturated rings. The molecule has 0 bridgehead atoms. The third-order valence-electron chi connectivity index (χ3n) is 4.82. The number of aromatic carboxylic acids is 1. The topological polar surface area (TPSA) is 66.8 Å². The molecule has 1 aliphatic rings. The maximum atomic E-state index is 13.1. The van der Waals surface area contributed by atoms with Gasteiger partial charge in [-0.15, -0.1) is 0 Å². The first-order valence-corrected chi connectivity index (χ1v) is 9.67. The van der Waals surface area contributed by atoms with Crippen molar-refractivity contribution < 1.29 is 24.1 Å². The Morgan fingerprint density at radius 3 is 2.48 bits per heavy atom. The fraction of sp³-hybridized carbons (Fsp3) is 0.292. The number of ether oxygens (including phenoxy) is 1. The van der Waals surface area contributed by atoms with E-state index < -0.39 is 5.97 Å². The van der Waals surface area contributed by atoms with Crippen LogP contribution in [0.5, 0.6) is 11.5 Å². The smallest absolute Gasteiger partial charge is 0.340 e. The summed E-state index contributed by atoms with van der Waals surface area (Å²) in [4.78, 5) is 11.9. The van der Waals surface area contributed by atoms with Gasteiger partial charge < -0.3 is 14.9 Å². The molecular formula is C24H25FO4. The number of rotatable bonds is 8. The van der Waals surface area contributed by atoms with Gasteiger partial charge in [0.15, 0.2) is 0 Å². The predicted octanol–water partition coefficient (Wildman–Crippen LogP) is 5.70. The number of aromatic hydroxyl groups is 1. The lowest BCUT2D eigenvalue weighted by Gasteiger charge is -2.16. The van der Waals surface area contributed by atoms with E-state index in [4.69, 9.17) is 4.74 Å². The van der Waals surface area contributed by atoms with Crippen LogP contribution in [0, 0.1) is 11.7 Å². The largest absolute Gasteiger partial charge is 0.507 e. The summed E-state index contributed by atoms with van der Waals surface area (Å²) in [5.74, 6) is -0.817. The van der Waals surface area contributed by atoms with Crippen LogP contribution in [-0.4, -0.2) is 22.8 Å². The van der Waals surface area contributed by atoms with Crippen LogP contribution in [0.2, 0.25) is 0 Å². The number of carboxylic acid groups (broad SMARTS) is 1. The number of phenols is 1. The number of halogens is 1. The molecule has 0 radical (unpaired) electrons. The Balaban J connectivity index is 2.03. The highest BCUT2D eigenvalue weighted by atomic mass is 19.1. The van der Waals surface area contributed by atoms with Crippen LogP contribution in [-0.2, 0) is 6.42 Å². The van der Waals surface area contributed by atoms with Gasteiger partial charge in [0.25, 0.3) is 0 Å². The number of hydrogen-bond acceptors (Lipinski definition) is 3.